The van der Waals surface area contributed by atoms with Crippen molar-refractivity contribution in [1.82, 2.24) is 0 Å². The minimum atomic E-state index is -0.253. The van der Waals surface area contributed by atoms with Crippen molar-refractivity contribution in [3.63, 3.8) is 0 Å². The molecule has 2 saturated carbocycles. The maximum Gasteiger partial charge on any atom is 0.238 e. The summed E-state index contributed by atoms with van der Waals surface area (Å²) >= 11 is 0. The smallest absolute Gasteiger partial charge is 0.238 e. The van der Waals surface area contributed by atoms with E-state index in [-0.39, 0.29) is 46.5 Å². The van der Waals surface area contributed by atoms with Gasteiger partial charge in [-0.2, -0.15) is 0 Å². The molecule has 2 bridgehead atoms. The maximum atomic E-state index is 13.7. The molecule has 6 aliphatic rings. The van der Waals surface area contributed by atoms with Crippen molar-refractivity contribution in [2.45, 2.75) is 44.6 Å². The number of amides is 2. The Morgan fingerprint density at radius 1 is 0.963 bits per heavy atom. The van der Waals surface area contributed by atoms with Gasteiger partial charge in [0.15, 0.2) is 0 Å². The predicted octanol–water partition coefficient (Wildman–Crippen LogP) is 3.72. The van der Waals surface area contributed by atoms with Crippen molar-refractivity contribution in [3.8, 4) is 0 Å². The topological polar surface area (TPSA) is 46.6 Å². The summed E-state index contributed by atoms with van der Waals surface area (Å²) in [7, 11) is 0. The monoisotopic (exact) mass is 363 g/mol. The third-order valence-electron chi connectivity index (χ3n) is 8.30. The van der Waals surface area contributed by atoms with Gasteiger partial charge in [0.25, 0.3) is 0 Å². The minimum absolute atomic E-state index is 0.0155. The summed E-state index contributed by atoms with van der Waals surface area (Å²) < 4.78 is 6.37. The zero-order valence-electron chi connectivity index (χ0n) is 15.5. The number of benzene rings is 1. The van der Waals surface area contributed by atoms with Crippen molar-refractivity contribution in [2.24, 2.45) is 28.6 Å². The molecular weight excluding hydrogens is 338 g/mol. The summed E-state index contributed by atoms with van der Waals surface area (Å²) in [6.45, 7) is 0.786. The molecule has 4 aliphatic carbocycles. The van der Waals surface area contributed by atoms with Crippen LogP contribution in [0, 0.1) is 28.6 Å². The molecule has 1 aromatic carbocycles. The number of hydrogen-bond acceptors (Lipinski definition) is 3. The van der Waals surface area contributed by atoms with E-state index >= 15 is 0 Å². The molecule has 27 heavy (non-hydrogen) atoms. The SMILES string of the molecule is O=C1[C@@H]2[C@@H]3C=C[C@]4(CCCC[C@]45CCCO[C@H]35)[C@@H]2C(=O)N1c1ccccc1. The zero-order chi connectivity index (χ0) is 18.2. The Kier molecular flexibility index (Phi) is 3.16. The number of para-hydroxylation sites is 1. The molecule has 0 unspecified atom stereocenters. The number of allylic oxidation sites excluding steroid dienone is 1. The number of nitrogens with zero attached hydrogens (tertiary/aromatic N) is 1. The molecule has 7 rings (SSSR count). The average molecular weight is 363 g/mol. The highest BCUT2D eigenvalue weighted by molar-refractivity contribution is 6.22. The standard InChI is InChI=1S/C23H25NO3/c25-20-17-16-9-13-22(10-4-5-11-23(22)12-6-14-27-19(16)23)18(17)21(26)24(20)15-7-2-1-3-8-15/h1-3,7-9,13,16-19H,4-6,10-12,14H2/t16-,17+,18-,19+,22+,23+/m0/s1. The summed E-state index contributed by atoms with van der Waals surface area (Å²) in [4.78, 5) is 28.7. The molecule has 2 amide bonds. The van der Waals surface area contributed by atoms with Crippen LogP contribution in [0.25, 0.3) is 0 Å². The number of rotatable bonds is 1. The van der Waals surface area contributed by atoms with Gasteiger partial charge in [-0.1, -0.05) is 43.2 Å². The van der Waals surface area contributed by atoms with Gasteiger partial charge >= 0.3 is 0 Å². The zero-order valence-corrected chi connectivity index (χ0v) is 15.5. The molecule has 2 saturated heterocycles. The van der Waals surface area contributed by atoms with E-state index in [0.717, 1.165) is 38.7 Å². The molecule has 4 heteroatoms. The van der Waals surface area contributed by atoms with Crippen molar-refractivity contribution < 1.29 is 14.3 Å². The van der Waals surface area contributed by atoms with Crippen LogP contribution < -0.4 is 4.90 Å². The van der Waals surface area contributed by atoms with Crippen molar-refractivity contribution in [1.29, 1.82) is 0 Å². The van der Waals surface area contributed by atoms with Crippen LogP contribution in [0.2, 0.25) is 0 Å². The molecule has 0 radical (unpaired) electrons. The van der Waals surface area contributed by atoms with Gasteiger partial charge in [0, 0.05) is 23.4 Å². The first-order valence-electron chi connectivity index (χ1n) is 10.4. The van der Waals surface area contributed by atoms with Crippen LogP contribution in [-0.2, 0) is 14.3 Å². The van der Waals surface area contributed by atoms with Gasteiger partial charge in [0.2, 0.25) is 11.8 Å². The molecule has 2 spiro atoms. The summed E-state index contributed by atoms with van der Waals surface area (Å²) in [6.07, 6.45) is 11.4. The summed E-state index contributed by atoms with van der Waals surface area (Å²) in [5.74, 6) is -0.412. The van der Waals surface area contributed by atoms with Crippen LogP contribution in [0.5, 0.6) is 0 Å². The van der Waals surface area contributed by atoms with Crippen molar-refractivity contribution >= 4 is 17.5 Å². The van der Waals surface area contributed by atoms with Crippen LogP contribution in [0.4, 0.5) is 5.69 Å². The molecule has 1 aromatic rings. The maximum absolute atomic E-state index is 13.7. The Bertz CT molecular complexity index is 842. The Labute approximate surface area is 159 Å². The van der Waals surface area contributed by atoms with Gasteiger partial charge in [-0.3, -0.25) is 14.5 Å². The van der Waals surface area contributed by atoms with E-state index in [0.29, 0.717) is 5.69 Å². The summed E-state index contributed by atoms with van der Waals surface area (Å²) in [5.41, 5.74) is 0.560. The van der Waals surface area contributed by atoms with Gasteiger partial charge < -0.3 is 4.74 Å². The Hall–Kier alpha value is -1.94. The quantitative estimate of drug-likeness (QED) is 0.564. The number of hydrogen-bond donors (Lipinski definition) is 0. The Morgan fingerprint density at radius 2 is 1.74 bits per heavy atom. The van der Waals surface area contributed by atoms with E-state index in [4.69, 9.17) is 4.74 Å². The number of anilines is 1. The normalized spacial score (nSPS) is 44.8. The van der Waals surface area contributed by atoms with Gasteiger partial charge in [-0.15, -0.1) is 0 Å². The summed E-state index contributed by atoms with van der Waals surface area (Å²) in [5, 5.41) is 0. The molecule has 2 aliphatic heterocycles. The van der Waals surface area contributed by atoms with Crippen LogP contribution in [0.15, 0.2) is 42.5 Å². The third kappa shape index (κ3) is 1.74. The van der Waals surface area contributed by atoms with Crippen LogP contribution in [0.3, 0.4) is 0 Å². The molecule has 2 heterocycles. The van der Waals surface area contributed by atoms with Crippen LogP contribution in [0.1, 0.15) is 38.5 Å². The van der Waals surface area contributed by atoms with E-state index in [1.807, 2.05) is 30.3 Å². The van der Waals surface area contributed by atoms with Gasteiger partial charge in [-0.05, 0) is 37.8 Å². The molecule has 0 aromatic heterocycles. The second-order valence-corrected chi connectivity index (χ2v) is 9.09. The minimum Gasteiger partial charge on any atom is -0.377 e. The highest BCUT2D eigenvalue weighted by Gasteiger charge is 2.74. The van der Waals surface area contributed by atoms with Crippen LogP contribution in [-0.4, -0.2) is 24.5 Å². The first-order chi connectivity index (χ1) is 13.2. The van der Waals surface area contributed by atoms with Gasteiger partial charge in [0.05, 0.1) is 23.6 Å². The first-order valence-corrected chi connectivity index (χ1v) is 10.4. The number of ether oxygens (including phenoxy) is 1. The number of imide groups is 1. The molecule has 6 atom stereocenters. The molecule has 0 N–H and O–H groups in total. The third-order valence-corrected chi connectivity index (χ3v) is 8.30. The van der Waals surface area contributed by atoms with E-state index in [1.54, 1.807) is 0 Å². The molecule has 4 nitrogen and oxygen atoms in total. The lowest BCUT2D eigenvalue weighted by Gasteiger charge is -2.67. The van der Waals surface area contributed by atoms with Crippen molar-refractivity contribution in [3.05, 3.63) is 42.5 Å². The highest BCUT2D eigenvalue weighted by Crippen LogP contribution is 2.72. The fraction of sp³-hybridized carbons (Fsp3) is 0.565. The molecule has 140 valence electrons. The average Bonchev–Trinajstić information content (AvgIpc) is 2.99. The number of carbonyl (C=O) groups excluding carboxylic acids is 2. The first kappa shape index (κ1) is 16.1. The van der Waals surface area contributed by atoms with E-state index in [1.165, 1.54) is 11.3 Å². The van der Waals surface area contributed by atoms with Gasteiger partial charge in [0.1, 0.15) is 0 Å². The second kappa shape index (κ2) is 5.32. The summed E-state index contributed by atoms with van der Waals surface area (Å²) in [6, 6.07) is 9.46. The van der Waals surface area contributed by atoms with Gasteiger partial charge in [-0.25, -0.2) is 0 Å². The Morgan fingerprint density at radius 3 is 2.59 bits per heavy atom. The van der Waals surface area contributed by atoms with Crippen molar-refractivity contribution in [2.75, 3.05) is 11.5 Å². The lowest BCUT2D eigenvalue weighted by molar-refractivity contribution is -0.231. The van der Waals surface area contributed by atoms with E-state index < -0.39 is 0 Å². The second-order valence-electron chi connectivity index (χ2n) is 9.09. The van der Waals surface area contributed by atoms with E-state index in [2.05, 4.69) is 12.2 Å². The predicted molar refractivity (Wildman–Crippen MR) is 101 cm³/mol. The largest absolute Gasteiger partial charge is 0.377 e. The van der Waals surface area contributed by atoms with Crippen LogP contribution >= 0.6 is 0 Å². The lowest BCUT2D eigenvalue weighted by Crippen LogP contribution is -2.68. The lowest BCUT2D eigenvalue weighted by atomic mass is 9.37. The fourth-order valence-electron chi connectivity index (χ4n) is 7.45. The van der Waals surface area contributed by atoms with E-state index in [9.17, 15) is 9.59 Å². The highest BCUT2D eigenvalue weighted by atomic mass is 16.5. The molecule has 4 fully saturated rings. The Balaban J connectivity index is 1.53. The fourth-order valence-corrected chi connectivity index (χ4v) is 7.45. The number of carbonyl (C=O) groups is 2. The molecular formula is C23H25NO3.